The molecule has 0 aliphatic carbocycles. The highest BCUT2D eigenvalue weighted by Crippen LogP contribution is 2.39. The van der Waals surface area contributed by atoms with Crippen LogP contribution in [0.2, 0.25) is 0 Å². The van der Waals surface area contributed by atoms with Crippen molar-refractivity contribution in [2.75, 3.05) is 26.4 Å². The Labute approximate surface area is 390 Å². The van der Waals surface area contributed by atoms with E-state index in [0.29, 0.717) is 0 Å². The smallest absolute Gasteiger partial charge is 0.364 e. The Morgan fingerprint density at radius 2 is 1.12 bits per heavy atom. The highest BCUT2D eigenvalue weighted by atomic mass is 16.8. The van der Waals surface area contributed by atoms with E-state index in [-0.39, 0.29) is 0 Å². The van der Waals surface area contributed by atoms with Gasteiger partial charge in [0.2, 0.25) is 17.7 Å². The fraction of sp³-hybridized carbons (Fsp3) is 0.842. The first kappa shape index (κ1) is 57.6. The van der Waals surface area contributed by atoms with Crippen molar-refractivity contribution in [1.29, 1.82) is 0 Å². The van der Waals surface area contributed by atoms with E-state index in [9.17, 15) is 100 Å². The lowest BCUT2D eigenvalue weighted by molar-refractivity contribution is -0.382. The van der Waals surface area contributed by atoms with Gasteiger partial charge in [0.15, 0.2) is 12.6 Å². The standard InChI is InChI=1S/C38H61N3O28/c1-11(44)39-21-15(48)5-37(35(58)59,67-30(21)24(52)17(50)7-42)63-10-20-27(55)29(23(33(57)64-20)41-13(3)46)66-34-28(56)32(26(54)19(8-43)65-34)69-38(36(60)61)6-16(49)22(40-12(2)45)31(68-38)25(53)18(51)9-62-14(4)47/h15-34,42-43,48-57H,5-10H2,1-4H3,(H,39,44)(H,40,45)(H,41,46)(H,58,59)(H,60,61)/t15-,16-,17+,18+,19+,20+,21+,22+,23+,24+,25+,26-,27-,28+,29+,30+,31+,32-,33-,34-,37+,38-/m0/s1. The molecule has 0 unspecified atom stereocenters. The fourth-order valence-electron chi connectivity index (χ4n) is 8.24. The normalized spacial score (nSPS) is 40.0. The summed E-state index contributed by atoms with van der Waals surface area (Å²) in [6.45, 7) is -0.377. The van der Waals surface area contributed by atoms with Crippen molar-refractivity contribution < 1.29 is 138 Å². The summed E-state index contributed by atoms with van der Waals surface area (Å²) < 4.78 is 44.0. The number of ether oxygens (including phenoxy) is 8. The van der Waals surface area contributed by atoms with Crippen LogP contribution in [0.5, 0.6) is 0 Å². The third kappa shape index (κ3) is 13.3. The van der Waals surface area contributed by atoms with Crippen LogP contribution in [0.25, 0.3) is 0 Å². The number of carboxylic acids is 2. The number of carbonyl (C=O) groups excluding carboxylic acids is 4. The molecule has 0 bridgehead atoms. The molecule has 3 amide bonds. The van der Waals surface area contributed by atoms with Gasteiger partial charge in [-0.25, -0.2) is 9.59 Å². The Morgan fingerprint density at radius 3 is 1.59 bits per heavy atom. The molecule has 4 rings (SSSR count). The summed E-state index contributed by atoms with van der Waals surface area (Å²) in [6, 6.07) is -5.12. The van der Waals surface area contributed by atoms with Gasteiger partial charge in [0.1, 0.15) is 92.0 Å². The minimum absolute atomic E-state index is 0.794. The van der Waals surface area contributed by atoms with E-state index in [4.69, 9.17) is 33.2 Å². The van der Waals surface area contributed by atoms with Crippen LogP contribution in [0.1, 0.15) is 40.5 Å². The summed E-state index contributed by atoms with van der Waals surface area (Å²) in [6.07, 6.45) is -38.3. The molecular formula is C38H61N3O28. The summed E-state index contributed by atoms with van der Waals surface area (Å²) in [7, 11) is 0. The zero-order valence-corrected chi connectivity index (χ0v) is 37.3. The number of aliphatic hydroxyl groups is 12. The van der Waals surface area contributed by atoms with E-state index in [1.54, 1.807) is 0 Å². The molecule has 22 atom stereocenters. The molecule has 4 saturated heterocycles. The maximum atomic E-state index is 13.0. The predicted octanol–water partition coefficient (Wildman–Crippen LogP) is -10.3. The molecule has 69 heavy (non-hydrogen) atoms. The minimum atomic E-state index is -3.23. The molecule has 0 aromatic carbocycles. The first-order valence-corrected chi connectivity index (χ1v) is 21.2. The Kier molecular flexibility index (Phi) is 20.0. The quantitative estimate of drug-likeness (QED) is 0.0504. The topological polar surface area (TPSA) is 496 Å². The number of amides is 3. The number of nitrogens with one attached hydrogen (secondary N) is 3. The van der Waals surface area contributed by atoms with Crippen molar-refractivity contribution in [2.24, 2.45) is 0 Å². The number of aliphatic carboxylic acids is 2. The van der Waals surface area contributed by atoms with Crippen molar-refractivity contribution in [3.8, 4) is 0 Å². The number of esters is 1. The first-order chi connectivity index (χ1) is 32.1. The van der Waals surface area contributed by atoms with Crippen molar-refractivity contribution in [2.45, 2.75) is 174 Å². The Bertz CT molecular complexity index is 1800. The lowest BCUT2D eigenvalue weighted by Gasteiger charge is -2.51. The monoisotopic (exact) mass is 1010 g/mol. The number of carboxylic acid groups (broad SMARTS) is 2. The molecule has 0 spiro atoms. The van der Waals surface area contributed by atoms with Crippen LogP contribution in [-0.2, 0) is 66.7 Å². The fourth-order valence-corrected chi connectivity index (χ4v) is 8.24. The van der Waals surface area contributed by atoms with Crippen LogP contribution in [-0.4, -0.2) is 267 Å². The summed E-state index contributed by atoms with van der Waals surface area (Å²) in [4.78, 5) is 73.5. The molecular weight excluding hydrogens is 946 g/mol. The van der Waals surface area contributed by atoms with Gasteiger partial charge in [-0.15, -0.1) is 0 Å². The number of carbonyl (C=O) groups is 6. The average molecular weight is 1010 g/mol. The molecule has 4 aliphatic heterocycles. The maximum Gasteiger partial charge on any atom is 0.364 e. The molecule has 4 fully saturated rings. The second-order valence-electron chi connectivity index (χ2n) is 16.9. The van der Waals surface area contributed by atoms with Crippen molar-refractivity contribution >= 4 is 35.6 Å². The van der Waals surface area contributed by atoms with E-state index in [0.717, 1.165) is 27.7 Å². The average Bonchev–Trinajstić information content (AvgIpc) is 3.27. The minimum Gasteiger partial charge on any atom is -0.477 e. The van der Waals surface area contributed by atoms with Gasteiger partial charge in [-0.1, -0.05) is 0 Å². The van der Waals surface area contributed by atoms with Crippen LogP contribution in [0.3, 0.4) is 0 Å². The summed E-state index contributed by atoms with van der Waals surface area (Å²) in [5, 5.41) is 158. The van der Waals surface area contributed by atoms with Gasteiger partial charge in [0.05, 0.1) is 44.1 Å². The molecule has 4 aliphatic rings. The van der Waals surface area contributed by atoms with Gasteiger partial charge >= 0.3 is 17.9 Å². The van der Waals surface area contributed by atoms with E-state index in [1.807, 2.05) is 0 Å². The molecule has 396 valence electrons. The molecule has 4 heterocycles. The predicted molar refractivity (Wildman–Crippen MR) is 213 cm³/mol. The molecule has 0 aromatic rings. The summed E-state index contributed by atoms with van der Waals surface area (Å²) >= 11 is 0. The van der Waals surface area contributed by atoms with Gasteiger partial charge in [-0.2, -0.15) is 0 Å². The Morgan fingerprint density at radius 1 is 0.638 bits per heavy atom. The second kappa shape index (κ2) is 24.0. The lowest BCUT2D eigenvalue weighted by Crippen LogP contribution is -2.71. The number of aliphatic hydroxyl groups excluding tert-OH is 12. The number of rotatable bonds is 20. The highest BCUT2D eigenvalue weighted by Gasteiger charge is 2.61. The van der Waals surface area contributed by atoms with Crippen LogP contribution >= 0.6 is 0 Å². The molecule has 31 nitrogen and oxygen atoms in total. The largest absolute Gasteiger partial charge is 0.477 e. The number of hydrogen-bond acceptors (Lipinski definition) is 26. The first-order valence-electron chi connectivity index (χ1n) is 21.2. The van der Waals surface area contributed by atoms with Crippen LogP contribution in [0.4, 0.5) is 0 Å². The van der Waals surface area contributed by atoms with Crippen molar-refractivity contribution in [3.05, 3.63) is 0 Å². The third-order valence-electron chi connectivity index (χ3n) is 11.6. The van der Waals surface area contributed by atoms with Gasteiger partial charge in [-0.3, -0.25) is 19.2 Å². The Balaban J connectivity index is 1.67. The summed E-state index contributed by atoms with van der Waals surface area (Å²) in [5.41, 5.74) is 0. The molecule has 0 radical (unpaired) electrons. The highest BCUT2D eigenvalue weighted by molar-refractivity contribution is 5.77. The molecule has 31 heteroatoms. The molecule has 0 saturated carbocycles. The van der Waals surface area contributed by atoms with Gasteiger partial charge in [-0.05, 0) is 0 Å². The van der Waals surface area contributed by atoms with Crippen LogP contribution in [0.15, 0.2) is 0 Å². The molecule has 0 aromatic heterocycles. The van der Waals surface area contributed by atoms with Crippen LogP contribution < -0.4 is 16.0 Å². The second-order valence-corrected chi connectivity index (χ2v) is 16.9. The number of hydrogen-bond donors (Lipinski definition) is 17. The van der Waals surface area contributed by atoms with Crippen molar-refractivity contribution in [3.63, 3.8) is 0 Å². The van der Waals surface area contributed by atoms with Crippen LogP contribution in [0, 0.1) is 0 Å². The molecule has 17 N–H and O–H groups in total. The Hall–Kier alpha value is -3.94. The van der Waals surface area contributed by atoms with Gasteiger partial charge < -0.3 is 125 Å². The lowest BCUT2D eigenvalue weighted by atomic mass is 9.88. The SMILES string of the molecule is CC(=O)N[C@@H]1[C@@H](O[C@@H]2O[C@H](CO)[C@H](O)[C@H](O[C@]3(C(=O)O)C[C@H](O)[C@@H](NC(C)=O)[C@H]([C@H](O)[C@H](O)COC(C)=O)O3)[C@H]2O)[C@@H](O)[C@@H](CO[C@]2(C(=O)O)C[C@H](O)[C@@H](NC(C)=O)[C@H]([C@H](O)[C@H](O)CO)O2)O[C@@H]1O. The maximum absolute atomic E-state index is 13.0. The van der Waals surface area contributed by atoms with E-state index < -0.39 is 209 Å². The van der Waals surface area contributed by atoms with Crippen molar-refractivity contribution in [1.82, 2.24) is 16.0 Å². The van der Waals surface area contributed by atoms with Gasteiger partial charge in [0.25, 0.3) is 11.6 Å². The van der Waals surface area contributed by atoms with E-state index >= 15 is 0 Å². The van der Waals surface area contributed by atoms with E-state index in [1.165, 1.54) is 0 Å². The zero-order valence-electron chi connectivity index (χ0n) is 37.3. The van der Waals surface area contributed by atoms with E-state index in [2.05, 4.69) is 20.7 Å². The third-order valence-corrected chi connectivity index (χ3v) is 11.6. The zero-order chi connectivity index (χ0) is 52.0. The van der Waals surface area contributed by atoms with Gasteiger partial charge in [0, 0.05) is 40.5 Å². The summed E-state index contributed by atoms with van der Waals surface area (Å²) in [5.74, 6) is -13.7.